The lowest BCUT2D eigenvalue weighted by Crippen LogP contribution is -2.39. The predicted molar refractivity (Wildman–Crippen MR) is 258 cm³/mol. The SMILES string of the molecule is N#Cc1ccc(-c2cccc(C(NCc3ccc(-c4ccc(-c5ccc(-c6c7ccccc7cc7c6ccc6ccccc67)cc5)cc4)cc3)NC(N)c3ccccc3)c2)cc1. The summed E-state index contributed by atoms with van der Waals surface area (Å²) in [6.45, 7) is 0.640. The van der Waals surface area contributed by atoms with Crippen molar-refractivity contribution in [2.24, 2.45) is 5.73 Å². The Balaban J connectivity index is 0.859. The van der Waals surface area contributed by atoms with E-state index in [4.69, 9.17) is 5.73 Å². The van der Waals surface area contributed by atoms with Gasteiger partial charge in [-0.2, -0.15) is 5.26 Å². The fourth-order valence-corrected chi connectivity index (χ4v) is 8.69. The molecule has 0 amide bonds. The summed E-state index contributed by atoms with van der Waals surface area (Å²) in [5.41, 5.74) is 19.9. The van der Waals surface area contributed by atoms with E-state index in [1.807, 2.05) is 54.6 Å². The molecule has 4 nitrogen and oxygen atoms in total. The maximum absolute atomic E-state index is 9.29. The normalized spacial score (nSPS) is 12.3. The number of benzene rings is 10. The van der Waals surface area contributed by atoms with Gasteiger partial charge in [-0.1, -0.05) is 194 Å². The third-order valence-electron chi connectivity index (χ3n) is 12.0. The minimum absolute atomic E-state index is 0.225. The molecule has 0 aromatic heterocycles. The van der Waals surface area contributed by atoms with Crippen molar-refractivity contribution in [3.05, 3.63) is 241 Å². The number of nitrogens with two attached hydrogens (primary N) is 1. The lowest BCUT2D eigenvalue weighted by molar-refractivity contribution is 0.386. The molecule has 0 aliphatic rings. The van der Waals surface area contributed by atoms with Gasteiger partial charge in [0.05, 0.1) is 24.0 Å². The first-order valence-corrected chi connectivity index (χ1v) is 21.1. The Bertz CT molecular complexity index is 3200. The lowest BCUT2D eigenvalue weighted by atomic mass is 9.89. The average molecular weight is 797 g/mol. The molecule has 0 fully saturated rings. The van der Waals surface area contributed by atoms with Crippen LogP contribution in [-0.2, 0) is 6.54 Å². The van der Waals surface area contributed by atoms with Gasteiger partial charge in [0, 0.05) is 6.54 Å². The molecule has 0 bridgehead atoms. The highest BCUT2D eigenvalue weighted by atomic mass is 15.2. The molecule has 296 valence electrons. The fraction of sp³-hybridized carbons (Fsp3) is 0.0517. The van der Waals surface area contributed by atoms with Crippen LogP contribution in [0.25, 0.3) is 76.8 Å². The Kier molecular flexibility index (Phi) is 10.7. The molecule has 2 atom stereocenters. The first-order chi connectivity index (χ1) is 30.6. The van der Waals surface area contributed by atoms with Crippen molar-refractivity contribution in [1.29, 1.82) is 5.26 Å². The first kappa shape index (κ1) is 38.5. The second-order valence-electron chi connectivity index (χ2n) is 15.9. The van der Waals surface area contributed by atoms with Crippen LogP contribution < -0.4 is 16.4 Å². The summed E-state index contributed by atoms with van der Waals surface area (Å²) >= 11 is 0. The second-order valence-corrected chi connectivity index (χ2v) is 15.9. The number of nitrogens with one attached hydrogen (secondary N) is 2. The van der Waals surface area contributed by atoms with Crippen LogP contribution in [0.15, 0.2) is 218 Å². The maximum Gasteiger partial charge on any atom is 0.0991 e. The molecule has 62 heavy (non-hydrogen) atoms. The van der Waals surface area contributed by atoms with Crippen molar-refractivity contribution in [1.82, 2.24) is 10.6 Å². The van der Waals surface area contributed by atoms with Crippen LogP contribution in [0.3, 0.4) is 0 Å². The third kappa shape index (κ3) is 7.88. The number of rotatable bonds is 11. The van der Waals surface area contributed by atoms with E-state index in [1.165, 1.54) is 71.3 Å². The number of fused-ring (bicyclic) bond motifs is 4. The van der Waals surface area contributed by atoms with E-state index in [1.54, 1.807) is 0 Å². The van der Waals surface area contributed by atoms with E-state index < -0.39 is 0 Å². The molecule has 0 saturated carbocycles. The van der Waals surface area contributed by atoms with E-state index in [9.17, 15) is 5.26 Å². The average Bonchev–Trinajstić information content (AvgIpc) is 3.35. The topological polar surface area (TPSA) is 73.9 Å². The van der Waals surface area contributed by atoms with Gasteiger partial charge in [0.25, 0.3) is 0 Å². The van der Waals surface area contributed by atoms with Crippen LogP contribution in [0.5, 0.6) is 0 Å². The molecule has 0 aliphatic carbocycles. The zero-order valence-electron chi connectivity index (χ0n) is 34.2. The number of nitriles is 1. The highest BCUT2D eigenvalue weighted by Gasteiger charge is 2.17. The predicted octanol–water partition coefficient (Wildman–Crippen LogP) is 13.7. The number of nitrogens with zero attached hydrogens (tertiary/aromatic N) is 1. The van der Waals surface area contributed by atoms with Crippen molar-refractivity contribution < 1.29 is 0 Å². The molecule has 0 heterocycles. The van der Waals surface area contributed by atoms with Gasteiger partial charge in [-0.05, 0) is 118 Å². The highest BCUT2D eigenvalue weighted by molar-refractivity contribution is 6.20. The van der Waals surface area contributed by atoms with E-state index >= 15 is 0 Å². The van der Waals surface area contributed by atoms with Crippen LogP contribution in [0.2, 0.25) is 0 Å². The Morgan fingerprint density at radius 2 is 0.968 bits per heavy atom. The molecule has 4 N–H and O–H groups in total. The van der Waals surface area contributed by atoms with Crippen molar-refractivity contribution in [3.63, 3.8) is 0 Å². The molecule has 10 aromatic rings. The molecule has 10 rings (SSSR count). The zero-order chi connectivity index (χ0) is 41.8. The summed E-state index contributed by atoms with van der Waals surface area (Å²) in [7, 11) is 0. The van der Waals surface area contributed by atoms with Gasteiger partial charge in [0.2, 0.25) is 0 Å². The maximum atomic E-state index is 9.29. The molecule has 10 aromatic carbocycles. The van der Waals surface area contributed by atoms with Crippen molar-refractivity contribution >= 4 is 32.3 Å². The molecule has 2 unspecified atom stereocenters. The number of hydrogen-bond acceptors (Lipinski definition) is 4. The van der Waals surface area contributed by atoms with Crippen LogP contribution in [0.1, 0.15) is 34.6 Å². The summed E-state index contributed by atoms with van der Waals surface area (Å²) in [4.78, 5) is 0. The van der Waals surface area contributed by atoms with Gasteiger partial charge >= 0.3 is 0 Å². The van der Waals surface area contributed by atoms with Crippen molar-refractivity contribution in [3.8, 4) is 50.6 Å². The van der Waals surface area contributed by atoms with Crippen LogP contribution in [0, 0.1) is 11.3 Å². The highest BCUT2D eigenvalue weighted by Crippen LogP contribution is 2.40. The Labute approximate surface area is 362 Å². The summed E-state index contributed by atoms with van der Waals surface area (Å²) < 4.78 is 0. The van der Waals surface area contributed by atoms with Crippen molar-refractivity contribution in [2.75, 3.05) is 0 Å². The second kappa shape index (κ2) is 17.1. The third-order valence-corrected chi connectivity index (χ3v) is 12.0. The van der Waals surface area contributed by atoms with E-state index in [-0.39, 0.29) is 12.3 Å². The van der Waals surface area contributed by atoms with Gasteiger partial charge in [0.15, 0.2) is 0 Å². The van der Waals surface area contributed by atoms with E-state index in [0.29, 0.717) is 12.1 Å². The molecular formula is C58H44N4. The minimum atomic E-state index is -0.374. The zero-order valence-corrected chi connectivity index (χ0v) is 34.2. The fourth-order valence-electron chi connectivity index (χ4n) is 8.69. The smallest absolute Gasteiger partial charge is 0.0991 e. The van der Waals surface area contributed by atoms with Crippen LogP contribution in [0.4, 0.5) is 0 Å². The summed E-state index contributed by atoms with van der Waals surface area (Å²) in [5.74, 6) is 0. The van der Waals surface area contributed by atoms with E-state index in [2.05, 4.69) is 180 Å². The Hall–Kier alpha value is -7.65. The van der Waals surface area contributed by atoms with Crippen molar-refractivity contribution in [2.45, 2.75) is 18.9 Å². The Morgan fingerprint density at radius 1 is 0.419 bits per heavy atom. The van der Waals surface area contributed by atoms with Crippen LogP contribution >= 0.6 is 0 Å². The summed E-state index contributed by atoms with van der Waals surface area (Å²) in [6.07, 6.45) is -0.599. The monoisotopic (exact) mass is 796 g/mol. The van der Waals surface area contributed by atoms with Gasteiger partial charge in [-0.25, -0.2) is 0 Å². The quantitative estimate of drug-likeness (QED) is 0.0692. The standard InChI is InChI=1S/C58H44N4/c59-37-39-17-21-45(22-18-39)49-13-8-14-51(35-49)58(62-57(60)48-10-2-1-3-11-48)61-38-40-19-23-41(24-20-40)42-25-27-43(28-26-42)44-29-31-47(32-30-44)56-53-16-7-5-12-50(53)36-55-52-15-6-4-9-46(52)33-34-54(55)56/h1-36,57-58,61-62H,38,60H2. The molecule has 0 radical (unpaired) electrons. The van der Waals surface area contributed by atoms with Gasteiger partial charge in [-0.3, -0.25) is 10.6 Å². The van der Waals surface area contributed by atoms with Gasteiger partial charge in [-0.15, -0.1) is 0 Å². The molecule has 4 heteroatoms. The van der Waals surface area contributed by atoms with Crippen LogP contribution in [-0.4, -0.2) is 0 Å². The van der Waals surface area contributed by atoms with Gasteiger partial charge < -0.3 is 5.73 Å². The lowest BCUT2D eigenvalue weighted by Gasteiger charge is -2.26. The molecule has 0 spiro atoms. The number of hydrogen-bond donors (Lipinski definition) is 3. The minimum Gasteiger partial charge on any atom is -0.312 e. The summed E-state index contributed by atoms with van der Waals surface area (Å²) in [5, 5.41) is 24.3. The van der Waals surface area contributed by atoms with E-state index in [0.717, 1.165) is 22.3 Å². The molecular weight excluding hydrogens is 753 g/mol. The molecule has 0 saturated heterocycles. The van der Waals surface area contributed by atoms with Gasteiger partial charge in [0.1, 0.15) is 0 Å². The molecule has 0 aliphatic heterocycles. The largest absolute Gasteiger partial charge is 0.312 e. The first-order valence-electron chi connectivity index (χ1n) is 21.1. The summed E-state index contributed by atoms with van der Waals surface area (Å²) in [6, 6.07) is 79.4. The Morgan fingerprint density at radius 3 is 1.65 bits per heavy atom.